The van der Waals surface area contributed by atoms with Crippen molar-refractivity contribution >= 4 is 50.5 Å². The number of nitrogens with zero attached hydrogens (tertiary/aromatic N) is 2. The molecule has 3 heteroatoms. The van der Waals surface area contributed by atoms with E-state index in [-0.39, 0.29) is 5.41 Å². The highest BCUT2D eigenvalue weighted by Gasteiger charge is 2.43. The lowest BCUT2D eigenvalue weighted by Crippen LogP contribution is -2.28. The van der Waals surface area contributed by atoms with E-state index in [2.05, 4.69) is 222 Å². The summed E-state index contributed by atoms with van der Waals surface area (Å²) >= 11 is 0. The van der Waals surface area contributed by atoms with Crippen molar-refractivity contribution in [3.05, 3.63) is 233 Å². The molecule has 7 aromatic rings. The summed E-state index contributed by atoms with van der Waals surface area (Å²) in [5.74, 6) is 0.815. The fourth-order valence-corrected chi connectivity index (χ4v) is 10.9. The quantitative estimate of drug-likeness (QED) is 0.166. The zero-order valence-corrected chi connectivity index (χ0v) is 37.5. The average molecular weight is 819 g/mol. The minimum Gasteiger partial charge on any atom is -0.462 e. The lowest BCUT2D eigenvalue weighted by atomic mass is 9.68. The number of hydrogen-bond acceptors (Lipinski definition) is 2. The molecule has 0 bridgehead atoms. The number of fused-ring (bicyclic) bond motifs is 7. The fraction of sp³-hybridized carbons (Fsp3) is 0.167. The molecule has 0 saturated heterocycles. The molecular weight excluding hydrogens is 765 g/mol. The molecule has 2 heterocycles. The van der Waals surface area contributed by atoms with Gasteiger partial charge in [0, 0.05) is 49.6 Å². The number of allylic oxidation sites excluding steroid dienone is 10. The molecule has 310 valence electrons. The third-order valence-electron chi connectivity index (χ3n) is 14.1. The van der Waals surface area contributed by atoms with E-state index < -0.39 is 10.8 Å². The maximum Gasteiger partial charge on any atom is 0.155 e. The van der Waals surface area contributed by atoms with Crippen LogP contribution in [0.1, 0.15) is 76.3 Å². The highest BCUT2D eigenvalue weighted by Crippen LogP contribution is 2.56. The largest absolute Gasteiger partial charge is 0.462 e. The van der Waals surface area contributed by atoms with Crippen LogP contribution in [0.15, 0.2) is 206 Å². The summed E-state index contributed by atoms with van der Waals surface area (Å²) in [4.78, 5) is 2.33. The lowest BCUT2D eigenvalue weighted by Gasteiger charge is -2.36. The van der Waals surface area contributed by atoms with E-state index in [0.717, 1.165) is 61.6 Å². The molecule has 3 nitrogen and oxygen atoms in total. The van der Waals surface area contributed by atoms with Gasteiger partial charge in [-0.05, 0) is 118 Å². The summed E-state index contributed by atoms with van der Waals surface area (Å²) < 4.78 is 9.42. The van der Waals surface area contributed by atoms with E-state index in [1.807, 2.05) is 18.4 Å². The van der Waals surface area contributed by atoms with Crippen LogP contribution in [0.3, 0.4) is 0 Å². The minimum absolute atomic E-state index is 0.205. The average Bonchev–Trinajstić information content (AvgIpc) is 3.69. The van der Waals surface area contributed by atoms with Crippen molar-refractivity contribution in [2.75, 3.05) is 4.90 Å². The molecule has 3 aliphatic rings. The molecular formula is C60H54N2O. The second-order valence-electron chi connectivity index (χ2n) is 18.7. The Morgan fingerprint density at radius 2 is 1.25 bits per heavy atom. The third kappa shape index (κ3) is 6.08. The molecule has 0 fully saturated rings. The summed E-state index contributed by atoms with van der Waals surface area (Å²) in [7, 11) is 0. The van der Waals surface area contributed by atoms with Crippen molar-refractivity contribution in [1.82, 2.24) is 4.57 Å². The topological polar surface area (TPSA) is 17.4 Å². The summed E-state index contributed by atoms with van der Waals surface area (Å²) in [6.07, 6.45) is 14.8. The molecule has 0 unspecified atom stereocenters. The van der Waals surface area contributed by atoms with Crippen LogP contribution >= 0.6 is 0 Å². The molecule has 0 saturated carbocycles. The number of hydrogen-bond donors (Lipinski definition) is 0. The smallest absolute Gasteiger partial charge is 0.155 e. The highest BCUT2D eigenvalue weighted by molar-refractivity contribution is 6.11. The summed E-state index contributed by atoms with van der Waals surface area (Å²) in [6.45, 7) is 25.6. The maximum absolute atomic E-state index is 6.99. The maximum atomic E-state index is 6.99. The number of anilines is 3. The predicted molar refractivity (Wildman–Crippen MR) is 268 cm³/mol. The van der Waals surface area contributed by atoms with Gasteiger partial charge in [0.2, 0.25) is 0 Å². The van der Waals surface area contributed by atoms with Gasteiger partial charge < -0.3 is 14.2 Å². The Morgan fingerprint density at radius 3 is 1.95 bits per heavy atom. The van der Waals surface area contributed by atoms with E-state index >= 15 is 0 Å². The van der Waals surface area contributed by atoms with Gasteiger partial charge in [0.05, 0.1) is 23.0 Å². The van der Waals surface area contributed by atoms with E-state index in [4.69, 9.17) is 11.3 Å². The lowest BCUT2D eigenvalue weighted by molar-refractivity contribution is 0.457. The molecule has 2 aliphatic carbocycles. The molecule has 63 heavy (non-hydrogen) atoms. The number of aromatic nitrogens is 1. The van der Waals surface area contributed by atoms with Crippen LogP contribution in [-0.4, -0.2) is 4.57 Å². The van der Waals surface area contributed by atoms with E-state index in [0.29, 0.717) is 0 Å². The van der Waals surface area contributed by atoms with Crippen molar-refractivity contribution < 1.29 is 4.74 Å². The molecule has 0 N–H and O–H groups in total. The second-order valence-corrected chi connectivity index (χ2v) is 18.7. The zero-order valence-electron chi connectivity index (χ0n) is 37.5. The van der Waals surface area contributed by atoms with Gasteiger partial charge in [-0.2, -0.15) is 0 Å². The molecule has 0 spiro atoms. The zero-order chi connectivity index (χ0) is 43.8. The first-order chi connectivity index (χ1) is 30.4. The first kappa shape index (κ1) is 40.0. The van der Waals surface area contributed by atoms with Crippen LogP contribution in [0.2, 0.25) is 0 Å². The molecule has 10 rings (SSSR count). The summed E-state index contributed by atoms with van der Waals surface area (Å²) in [5.41, 5.74) is 17.5. The van der Waals surface area contributed by atoms with Gasteiger partial charge in [-0.1, -0.05) is 164 Å². The second kappa shape index (κ2) is 14.8. The molecule has 0 atom stereocenters. The van der Waals surface area contributed by atoms with Crippen molar-refractivity contribution in [2.24, 2.45) is 0 Å². The first-order valence-corrected chi connectivity index (χ1v) is 22.1. The predicted octanol–water partition coefficient (Wildman–Crippen LogP) is 16.1. The number of ether oxygens (including phenoxy) is 1. The Morgan fingerprint density at radius 1 is 0.603 bits per heavy atom. The monoisotopic (exact) mass is 818 g/mol. The molecule has 1 aliphatic heterocycles. The SMILES string of the molecule is C=CC1=C(C2=C(C)c3ccccc3C2(C)C)C=Cc2c(cc(-n3c4ccccc4c4cc(N(c5ccccc5)c5ccccc5)ccc43)c3c2C(C)(C)C(=C)/C=C\C=C/O3)C1(C)C. The number of para-hydroxylation sites is 3. The van der Waals surface area contributed by atoms with Crippen molar-refractivity contribution in [2.45, 2.75) is 64.7 Å². The molecule has 6 aromatic carbocycles. The van der Waals surface area contributed by atoms with Gasteiger partial charge in [-0.15, -0.1) is 0 Å². The Hall–Kier alpha value is -7.10. The number of benzene rings is 6. The van der Waals surface area contributed by atoms with E-state index in [9.17, 15) is 0 Å². The van der Waals surface area contributed by atoms with Crippen molar-refractivity contribution in [1.29, 1.82) is 0 Å². The third-order valence-corrected chi connectivity index (χ3v) is 14.1. The fourth-order valence-electron chi connectivity index (χ4n) is 10.9. The normalized spacial score (nSPS) is 18.1. The van der Waals surface area contributed by atoms with Crippen LogP contribution < -0.4 is 9.64 Å². The van der Waals surface area contributed by atoms with Gasteiger partial charge in [0.15, 0.2) is 5.75 Å². The Balaban J connectivity index is 1.27. The Bertz CT molecular complexity index is 3160. The standard InChI is InChI=1S/C60H54N2O/c1-10-49-46(55-40(3)44-28-17-19-30-50(44)60(55,8)9)33-34-47-51(59(49,6)7)38-54(57-56(47)58(4,5)39(2)23-21-22-36-63-57)62-52-31-20-18-29-45(52)48-37-43(32-35-53(48)62)61(41-24-13-11-14-25-41)42-26-15-12-16-27-42/h10-38H,1-2H2,3-9H3/b23-21-,36-22-. The molecule has 0 radical (unpaired) electrons. The summed E-state index contributed by atoms with van der Waals surface area (Å²) in [5, 5.41) is 2.33. The van der Waals surface area contributed by atoms with Crippen molar-refractivity contribution in [3.8, 4) is 11.4 Å². The van der Waals surface area contributed by atoms with E-state index in [1.165, 1.54) is 44.4 Å². The van der Waals surface area contributed by atoms with Crippen LogP contribution in [0.25, 0.3) is 39.1 Å². The van der Waals surface area contributed by atoms with Crippen LogP contribution in [0.4, 0.5) is 17.1 Å². The van der Waals surface area contributed by atoms with Gasteiger partial charge >= 0.3 is 0 Å². The van der Waals surface area contributed by atoms with Gasteiger partial charge in [-0.25, -0.2) is 0 Å². The molecule has 0 amide bonds. The van der Waals surface area contributed by atoms with Gasteiger partial charge in [0.25, 0.3) is 0 Å². The Labute approximate surface area is 372 Å². The van der Waals surface area contributed by atoms with Crippen LogP contribution in [0.5, 0.6) is 5.75 Å². The van der Waals surface area contributed by atoms with Crippen molar-refractivity contribution in [3.63, 3.8) is 0 Å². The first-order valence-electron chi connectivity index (χ1n) is 22.1. The molecule has 1 aromatic heterocycles. The highest BCUT2D eigenvalue weighted by atomic mass is 16.5. The Kier molecular flexibility index (Phi) is 9.38. The van der Waals surface area contributed by atoms with E-state index in [1.54, 1.807) is 0 Å². The number of rotatable bonds is 6. The van der Waals surface area contributed by atoms with Crippen LogP contribution in [0, 0.1) is 0 Å². The van der Waals surface area contributed by atoms with Gasteiger partial charge in [0.1, 0.15) is 0 Å². The minimum atomic E-state index is -0.521. The van der Waals surface area contributed by atoms with Crippen LogP contribution in [-0.2, 0) is 16.2 Å². The summed E-state index contributed by atoms with van der Waals surface area (Å²) in [6, 6.07) is 48.2. The van der Waals surface area contributed by atoms with Gasteiger partial charge in [-0.3, -0.25) is 0 Å².